The summed E-state index contributed by atoms with van der Waals surface area (Å²) in [5.41, 5.74) is 1.87. The maximum Gasteiger partial charge on any atom is 0.0334 e. The van der Waals surface area contributed by atoms with Gasteiger partial charge >= 0.3 is 0 Å². The minimum absolute atomic E-state index is 0.335. The van der Waals surface area contributed by atoms with Crippen LogP contribution in [0.1, 0.15) is 45.1 Å². The molecule has 3 heteroatoms. The molecule has 1 aliphatic heterocycles. The van der Waals surface area contributed by atoms with Gasteiger partial charge in [-0.3, -0.25) is 4.90 Å². The van der Waals surface area contributed by atoms with Gasteiger partial charge in [0.1, 0.15) is 0 Å². The number of thiophene rings is 1. The maximum atomic E-state index is 3.71. The van der Waals surface area contributed by atoms with Gasteiger partial charge in [0, 0.05) is 36.6 Å². The third-order valence-corrected chi connectivity index (χ3v) is 5.26. The highest BCUT2D eigenvalue weighted by molar-refractivity contribution is 7.10. The third kappa shape index (κ3) is 3.59. The second-order valence-electron chi connectivity index (χ2n) is 6.83. The quantitative estimate of drug-likeness (QED) is 0.911. The van der Waals surface area contributed by atoms with E-state index in [-0.39, 0.29) is 0 Å². The second kappa shape index (κ2) is 5.94. The molecule has 2 atom stereocenters. The molecule has 0 saturated carbocycles. The second-order valence-corrected chi connectivity index (χ2v) is 7.83. The molecule has 2 nitrogen and oxygen atoms in total. The molecule has 108 valence electrons. The molecule has 0 aliphatic carbocycles. The molecule has 0 spiro atoms. The molecule has 1 aromatic rings. The first-order chi connectivity index (χ1) is 8.91. The van der Waals surface area contributed by atoms with Gasteiger partial charge in [-0.25, -0.2) is 0 Å². The number of hydrogen-bond acceptors (Lipinski definition) is 3. The fourth-order valence-corrected chi connectivity index (χ4v) is 3.73. The van der Waals surface area contributed by atoms with Crippen molar-refractivity contribution in [1.82, 2.24) is 10.2 Å². The van der Waals surface area contributed by atoms with Gasteiger partial charge in [0.05, 0.1) is 0 Å². The fourth-order valence-electron chi connectivity index (χ4n) is 2.73. The van der Waals surface area contributed by atoms with Crippen LogP contribution in [0.3, 0.4) is 0 Å². The Morgan fingerprint density at radius 3 is 2.79 bits per heavy atom. The van der Waals surface area contributed by atoms with Crippen LogP contribution in [-0.4, -0.2) is 30.1 Å². The first kappa shape index (κ1) is 15.0. The Labute approximate surface area is 122 Å². The highest BCUT2D eigenvalue weighted by Gasteiger charge is 2.32. The normalized spacial score (nSPS) is 25.7. The van der Waals surface area contributed by atoms with Crippen molar-refractivity contribution in [3.8, 4) is 0 Å². The summed E-state index contributed by atoms with van der Waals surface area (Å²) in [5, 5.41) is 5.95. The molecule has 2 heterocycles. The lowest BCUT2D eigenvalue weighted by atomic mass is 9.85. The van der Waals surface area contributed by atoms with Crippen LogP contribution in [0.25, 0.3) is 0 Å². The van der Waals surface area contributed by atoms with Crippen LogP contribution in [0.15, 0.2) is 11.4 Å². The summed E-state index contributed by atoms with van der Waals surface area (Å²) < 4.78 is 0. The van der Waals surface area contributed by atoms with E-state index in [1.807, 2.05) is 11.3 Å². The molecule has 0 aromatic carbocycles. The first-order valence-corrected chi connectivity index (χ1v) is 8.32. The molecule has 2 unspecified atom stereocenters. The number of piperazine rings is 1. The van der Waals surface area contributed by atoms with Crippen LogP contribution in [0.5, 0.6) is 0 Å². The van der Waals surface area contributed by atoms with Crippen molar-refractivity contribution in [2.24, 2.45) is 5.41 Å². The van der Waals surface area contributed by atoms with Gasteiger partial charge in [0.15, 0.2) is 0 Å². The third-order valence-electron chi connectivity index (χ3n) is 4.31. The Hall–Kier alpha value is -0.380. The van der Waals surface area contributed by atoms with Crippen molar-refractivity contribution in [2.45, 2.75) is 59.7 Å². The molecule has 1 aromatic heterocycles. The molecule has 19 heavy (non-hydrogen) atoms. The van der Waals surface area contributed by atoms with Crippen molar-refractivity contribution in [3.05, 3.63) is 21.9 Å². The fraction of sp³-hybridized carbons (Fsp3) is 0.750. The van der Waals surface area contributed by atoms with E-state index in [0.29, 0.717) is 17.5 Å². The lowest BCUT2D eigenvalue weighted by Crippen LogP contribution is -2.59. The van der Waals surface area contributed by atoms with Crippen molar-refractivity contribution in [2.75, 3.05) is 13.1 Å². The Morgan fingerprint density at radius 1 is 1.42 bits per heavy atom. The van der Waals surface area contributed by atoms with Gasteiger partial charge in [-0.1, -0.05) is 27.7 Å². The predicted octanol–water partition coefficient (Wildman–Crippen LogP) is 3.52. The van der Waals surface area contributed by atoms with Gasteiger partial charge in [0.2, 0.25) is 0 Å². The topological polar surface area (TPSA) is 15.3 Å². The molecule has 1 saturated heterocycles. The number of rotatable bonds is 3. The highest BCUT2D eigenvalue weighted by Crippen LogP contribution is 2.26. The van der Waals surface area contributed by atoms with Gasteiger partial charge in [-0.2, -0.15) is 0 Å². The van der Waals surface area contributed by atoms with Crippen molar-refractivity contribution >= 4 is 11.3 Å². The van der Waals surface area contributed by atoms with Crippen molar-refractivity contribution in [3.63, 3.8) is 0 Å². The summed E-state index contributed by atoms with van der Waals surface area (Å²) in [6.07, 6.45) is 1.15. The van der Waals surface area contributed by atoms with Crippen LogP contribution in [0, 0.1) is 5.41 Å². The minimum Gasteiger partial charge on any atom is -0.311 e. The Kier molecular flexibility index (Phi) is 4.70. The minimum atomic E-state index is 0.335. The zero-order valence-corrected chi connectivity index (χ0v) is 13.8. The van der Waals surface area contributed by atoms with Crippen LogP contribution in [0.4, 0.5) is 0 Å². The molecule has 1 aliphatic rings. The zero-order valence-electron chi connectivity index (χ0n) is 13.0. The Balaban J connectivity index is 2.06. The first-order valence-electron chi connectivity index (χ1n) is 7.44. The molecule has 1 N–H and O–H groups in total. The summed E-state index contributed by atoms with van der Waals surface area (Å²) in [6.45, 7) is 15.0. The summed E-state index contributed by atoms with van der Waals surface area (Å²) in [4.78, 5) is 4.21. The standard InChI is InChI=1S/C16H28N2S/c1-6-13-7-8-19-14(13)10-18-11-15(16(3,4)5)17-9-12(18)2/h7-8,12,15,17H,6,9-11H2,1-5H3. The van der Waals surface area contributed by atoms with E-state index in [1.165, 1.54) is 5.56 Å². The van der Waals surface area contributed by atoms with Crippen LogP contribution < -0.4 is 5.32 Å². The summed E-state index contributed by atoms with van der Waals surface area (Å²) in [7, 11) is 0. The summed E-state index contributed by atoms with van der Waals surface area (Å²) in [6, 6.07) is 3.51. The van der Waals surface area contributed by atoms with Gasteiger partial charge < -0.3 is 5.32 Å². The van der Waals surface area contributed by atoms with E-state index in [0.717, 1.165) is 26.1 Å². The predicted molar refractivity (Wildman–Crippen MR) is 84.8 cm³/mol. The molecule has 0 bridgehead atoms. The molecular weight excluding hydrogens is 252 g/mol. The number of nitrogens with zero attached hydrogens (tertiary/aromatic N) is 1. The van der Waals surface area contributed by atoms with Crippen LogP contribution in [0.2, 0.25) is 0 Å². The molecule has 0 radical (unpaired) electrons. The summed E-state index contributed by atoms with van der Waals surface area (Å²) >= 11 is 1.92. The number of aryl methyl sites for hydroxylation is 1. The monoisotopic (exact) mass is 280 g/mol. The largest absolute Gasteiger partial charge is 0.311 e. The van der Waals surface area contributed by atoms with E-state index in [1.54, 1.807) is 4.88 Å². The molecular formula is C16H28N2S. The van der Waals surface area contributed by atoms with Gasteiger partial charge in [-0.15, -0.1) is 11.3 Å². The summed E-state index contributed by atoms with van der Waals surface area (Å²) in [5.74, 6) is 0. The van der Waals surface area contributed by atoms with E-state index >= 15 is 0 Å². The van der Waals surface area contributed by atoms with E-state index in [4.69, 9.17) is 0 Å². The zero-order chi connectivity index (χ0) is 14.0. The smallest absolute Gasteiger partial charge is 0.0334 e. The van der Waals surface area contributed by atoms with Gasteiger partial charge in [0.25, 0.3) is 0 Å². The Morgan fingerprint density at radius 2 is 2.16 bits per heavy atom. The van der Waals surface area contributed by atoms with E-state index in [2.05, 4.69) is 56.3 Å². The SMILES string of the molecule is CCc1ccsc1CN1CC(C(C)(C)C)NCC1C. The number of nitrogens with one attached hydrogen (secondary N) is 1. The highest BCUT2D eigenvalue weighted by atomic mass is 32.1. The van der Waals surface area contributed by atoms with Crippen LogP contribution in [-0.2, 0) is 13.0 Å². The number of hydrogen-bond donors (Lipinski definition) is 1. The Bertz CT molecular complexity index is 405. The van der Waals surface area contributed by atoms with E-state index < -0.39 is 0 Å². The molecule has 0 amide bonds. The van der Waals surface area contributed by atoms with Crippen LogP contribution >= 0.6 is 11.3 Å². The van der Waals surface area contributed by atoms with E-state index in [9.17, 15) is 0 Å². The van der Waals surface area contributed by atoms with Crippen molar-refractivity contribution in [1.29, 1.82) is 0 Å². The van der Waals surface area contributed by atoms with Gasteiger partial charge in [-0.05, 0) is 35.8 Å². The molecule has 2 rings (SSSR count). The lowest BCUT2D eigenvalue weighted by molar-refractivity contribution is 0.0884. The van der Waals surface area contributed by atoms with Crippen molar-refractivity contribution < 1.29 is 0 Å². The lowest BCUT2D eigenvalue weighted by Gasteiger charge is -2.44. The average Bonchev–Trinajstić information content (AvgIpc) is 2.77. The molecule has 1 fully saturated rings. The maximum absolute atomic E-state index is 3.71. The average molecular weight is 280 g/mol.